The molecule has 0 unspecified atom stereocenters. The first-order chi connectivity index (χ1) is 14.9. The van der Waals surface area contributed by atoms with Crippen LogP contribution < -0.4 is 15.7 Å². The molecule has 2 rings (SSSR count). The molecule has 0 aliphatic carbocycles. The minimum Gasteiger partial charge on any atom is -0.444 e. The smallest absolute Gasteiger partial charge is 0.409 e. The van der Waals surface area contributed by atoms with Gasteiger partial charge in [-0.3, -0.25) is 10.2 Å². The molecule has 168 valence electrons. The van der Waals surface area contributed by atoms with Crippen molar-refractivity contribution in [2.24, 2.45) is 0 Å². The van der Waals surface area contributed by atoms with E-state index in [1.807, 2.05) is 66.7 Å². The van der Waals surface area contributed by atoms with Crippen LogP contribution in [0.25, 0.3) is 4.85 Å². The van der Waals surface area contributed by atoms with Crippen LogP contribution in [0.5, 0.6) is 0 Å². The maximum Gasteiger partial charge on any atom is 0.409 e. The maximum atomic E-state index is 12.3. The molecule has 0 saturated heterocycles. The zero-order chi connectivity index (χ0) is 24.0. The lowest BCUT2D eigenvalue weighted by atomic mass is 10.2. The Bertz CT molecular complexity index is 944. The fourth-order valence-corrected chi connectivity index (χ4v) is 8.21. The molecule has 2 aromatic rings. The number of hydrogen-bond acceptors (Lipinski definition) is 4. The third kappa shape index (κ3) is 5.76. The fraction of sp³-hybridized carbons (Fsp3) is 0.400. The van der Waals surface area contributed by atoms with Crippen LogP contribution >= 0.6 is 0 Å². The number of alkyl carbamates (subject to hydrolysis) is 1. The molecule has 0 aliphatic rings. The highest BCUT2D eigenvalue weighted by molar-refractivity contribution is 6.99. The van der Waals surface area contributed by atoms with Gasteiger partial charge in [0.05, 0.1) is 6.07 Å². The number of carbonyl (C=O) groups excluding carboxylic acids is 1. The summed E-state index contributed by atoms with van der Waals surface area (Å²) >= 11 is 0. The number of rotatable bonds is 6. The van der Waals surface area contributed by atoms with Crippen LogP contribution in [0.15, 0.2) is 60.7 Å². The molecule has 1 N–H and O–H groups in total. The lowest BCUT2D eigenvalue weighted by Crippen LogP contribution is -2.68. The van der Waals surface area contributed by atoms with Gasteiger partial charge in [0.2, 0.25) is 6.04 Å². The van der Waals surface area contributed by atoms with Gasteiger partial charge in [0, 0.05) is 0 Å². The lowest BCUT2D eigenvalue weighted by Gasteiger charge is -2.43. The lowest BCUT2D eigenvalue weighted by molar-refractivity contribution is 0.0485. The van der Waals surface area contributed by atoms with Gasteiger partial charge < -0.3 is 9.16 Å². The number of amides is 1. The summed E-state index contributed by atoms with van der Waals surface area (Å²) in [4.78, 5) is 15.9. The van der Waals surface area contributed by atoms with Crippen LogP contribution in [0.1, 0.15) is 41.5 Å². The van der Waals surface area contributed by atoms with Gasteiger partial charge in [-0.1, -0.05) is 81.4 Å². The van der Waals surface area contributed by atoms with Crippen LogP contribution in [0.3, 0.4) is 0 Å². The number of carbonyl (C=O) groups is 1. The number of nitrogens with one attached hydrogen (secondary N) is 1. The number of ether oxygens (including phenoxy) is 1. The molecule has 0 aliphatic heterocycles. The van der Waals surface area contributed by atoms with Crippen molar-refractivity contribution in [3.63, 3.8) is 0 Å². The SMILES string of the molecule is [C-]#[N+][C@@H](O[Si](c1ccccc1)(c1ccccc1)C(C)(C)C)[C@H](C#N)NC(=O)OC(C)(C)C. The normalized spacial score (nSPS) is 13.9. The fourth-order valence-electron chi connectivity index (χ4n) is 3.64. The molecule has 0 saturated carbocycles. The van der Waals surface area contributed by atoms with E-state index in [1.165, 1.54) is 0 Å². The molecule has 0 radical (unpaired) electrons. The molecule has 7 heteroatoms. The Morgan fingerprint density at radius 3 is 1.81 bits per heavy atom. The summed E-state index contributed by atoms with van der Waals surface area (Å²) < 4.78 is 12.0. The average molecular weight is 450 g/mol. The molecule has 0 spiro atoms. The molecule has 0 heterocycles. The van der Waals surface area contributed by atoms with Crippen LogP contribution in [0, 0.1) is 17.9 Å². The van der Waals surface area contributed by atoms with E-state index in [0.29, 0.717) is 0 Å². The zero-order valence-corrected chi connectivity index (χ0v) is 20.5. The number of hydrogen-bond donors (Lipinski definition) is 1. The Morgan fingerprint density at radius 2 is 1.47 bits per heavy atom. The van der Waals surface area contributed by atoms with Gasteiger partial charge in [0.15, 0.2) is 0 Å². The van der Waals surface area contributed by atoms with E-state index >= 15 is 0 Å². The molecule has 2 aromatic carbocycles. The van der Waals surface area contributed by atoms with Crippen molar-refractivity contribution >= 4 is 24.8 Å². The molecule has 0 bridgehead atoms. The third-order valence-electron chi connectivity index (χ3n) is 4.94. The molecule has 6 nitrogen and oxygen atoms in total. The highest BCUT2D eigenvalue weighted by Crippen LogP contribution is 2.38. The molecule has 32 heavy (non-hydrogen) atoms. The summed E-state index contributed by atoms with van der Waals surface area (Å²) in [5.74, 6) is 0. The number of nitrogens with zero attached hydrogens (tertiary/aromatic N) is 2. The Morgan fingerprint density at radius 1 is 1.00 bits per heavy atom. The second kappa shape index (κ2) is 9.99. The number of benzene rings is 2. The van der Waals surface area contributed by atoms with Crippen LogP contribution in [0.4, 0.5) is 4.79 Å². The second-order valence-corrected chi connectivity index (χ2v) is 13.8. The van der Waals surface area contributed by atoms with Crippen molar-refractivity contribution in [3.8, 4) is 6.07 Å². The molecule has 2 atom stereocenters. The standard InChI is InChI=1S/C25H31N3O3Si/c1-24(2,3)30-23(29)28-21(18-26)22(27-7)31-32(25(4,5)6,19-14-10-8-11-15-19)20-16-12-9-13-17-20/h8-17,21-22H,1-6H3,(H,28,29)/t21-,22-/m0/s1. The summed E-state index contributed by atoms with van der Waals surface area (Å²) in [6, 6.07) is 20.5. The Kier molecular flexibility index (Phi) is 7.85. The highest BCUT2D eigenvalue weighted by Gasteiger charge is 2.54. The van der Waals surface area contributed by atoms with E-state index in [4.69, 9.17) is 15.7 Å². The summed E-state index contributed by atoms with van der Waals surface area (Å²) in [5, 5.41) is 13.9. The molecular weight excluding hydrogens is 418 g/mol. The van der Waals surface area contributed by atoms with Crippen molar-refractivity contribution < 1.29 is 14.0 Å². The van der Waals surface area contributed by atoms with Crippen LogP contribution in [-0.4, -0.2) is 32.3 Å². The van der Waals surface area contributed by atoms with E-state index in [9.17, 15) is 10.1 Å². The quantitative estimate of drug-likeness (QED) is 0.529. The van der Waals surface area contributed by atoms with E-state index in [2.05, 4.69) is 30.9 Å². The monoisotopic (exact) mass is 449 g/mol. The Hall–Kier alpha value is -3.13. The second-order valence-electron chi connectivity index (χ2n) is 9.55. The first kappa shape index (κ1) is 25.1. The van der Waals surface area contributed by atoms with Crippen molar-refractivity contribution in [3.05, 3.63) is 72.1 Å². The number of nitriles is 1. The van der Waals surface area contributed by atoms with Crippen LogP contribution in [-0.2, 0) is 9.16 Å². The predicted molar refractivity (Wildman–Crippen MR) is 128 cm³/mol. The molecule has 0 fully saturated rings. The van der Waals surface area contributed by atoms with Crippen LogP contribution in [0.2, 0.25) is 5.04 Å². The Balaban J connectivity index is 2.56. The zero-order valence-electron chi connectivity index (χ0n) is 19.5. The average Bonchev–Trinajstić information content (AvgIpc) is 2.72. The topological polar surface area (TPSA) is 75.7 Å². The van der Waals surface area contributed by atoms with Crippen molar-refractivity contribution in [2.75, 3.05) is 0 Å². The highest BCUT2D eigenvalue weighted by atomic mass is 28.4. The predicted octanol–water partition coefficient (Wildman–Crippen LogP) is 4.23. The summed E-state index contributed by atoms with van der Waals surface area (Å²) in [5.41, 5.74) is -0.726. The minimum absolute atomic E-state index is 0.370. The van der Waals surface area contributed by atoms with E-state index in [1.54, 1.807) is 20.8 Å². The van der Waals surface area contributed by atoms with Gasteiger partial charge in [0.1, 0.15) is 5.60 Å². The maximum absolute atomic E-state index is 12.3. The summed E-state index contributed by atoms with van der Waals surface area (Å²) in [6.07, 6.45) is -1.97. The first-order valence-corrected chi connectivity index (χ1v) is 12.4. The van der Waals surface area contributed by atoms with E-state index in [0.717, 1.165) is 10.4 Å². The minimum atomic E-state index is -3.07. The van der Waals surface area contributed by atoms with Gasteiger partial charge >= 0.3 is 12.3 Å². The van der Waals surface area contributed by atoms with Gasteiger partial charge in [-0.25, -0.2) is 11.4 Å². The van der Waals surface area contributed by atoms with Gasteiger partial charge in [-0.2, -0.15) is 5.26 Å². The summed E-state index contributed by atoms with van der Waals surface area (Å²) in [7, 11) is -3.07. The third-order valence-corrected chi connectivity index (χ3v) is 9.94. The van der Waals surface area contributed by atoms with Crippen molar-refractivity contribution in [2.45, 2.75) is 64.5 Å². The molecular formula is C25H31N3O3Si. The molecule has 0 aromatic heterocycles. The Labute approximate surface area is 192 Å². The van der Waals surface area contributed by atoms with Gasteiger partial charge in [0.25, 0.3) is 8.32 Å². The van der Waals surface area contributed by atoms with E-state index in [-0.39, 0.29) is 5.04 Å². The largest absolute Gasteiger partial charge is 0.444 e. The van der Waals surface area contributed by atoms with Gasteiger partial charge in [-0.05, 0) is 36.2 Å². The van der Waals surface area contributed by atoms with E-state index < -0.39 is 32.3 Å². The van der Waals surface area contributed by atoms with Crippen molar-refractivity contribution in [1.82, 2.24) is 5.32 Å². The molecule has 1 amide bonds. The first-order valence-electron chi connectivity index (χ1n) is 10.5. The summed E-state index contributed by atoms with van der Waals surface area (Å²) in [6.45, 7) is 19.3. The van der Waals surface area contributed by atoms with Crippen molar-refractivity contribution in [1.29, 1.82) is 5.26 Å². The van der Waals surface area contributed by atoms with Gasteiger partial charge in [-0.15, -0.1) is 0 Å².